The third kappa shape index (κ3) is 2.72. The molecule has 0 saturated carbocycles. The molecule has 2 heterocycles. The van der Waals surface area contributed by atoms with Crippen LogP contribution in [0.5, 0.6) is 0 Å². The van der Waals surface area contributed by atoms with Crippen LogP contribution in [0.25, 0.3) is 0 Å². The Hall–Kier alpha value is -2.38. The lowest BCUT2D eigenvalue weighted by Crippen LogP contribution is -2.16. The summed E-state index contributed by atoms with van der Waals surface area (Å²) in [6, 6.07) is 0. The highest BCUT2D eigenvalue weighted by atomic mass is 16.5. The Kier molecular flexibility index (Phi) is 3.50. The van der Waals surface area contributed by atoms with E-state index in [9.17, 15) is 4.79 Å². The summed E-state index contributed by atoms with van der Waals surface area (Å²) in [6.07, 6.45) is 1.41. The highest BCUT2D eigenvalue weighted by Crippen LogP contribution is 2.14. The van der Waals surface area contributed by atoms with Gasteiger partial charge in [0.2, 0.25) is 0 Å². The van der Waals surface area contributed by atoms with Crippen LogP contribution in [0, 0.1) is 13.8 Å². The minimum atomic E-state index is -0.395. The van der Waals surface area contributed by atoms with Crippen LogP contribution in [-0.2, 0) is 29.7 Å². The van der Waals surface area contributed by atoms with Crippen molar-refractivity contribution < 1.29 is 9.53 Å². The number of anilines is 1. The van der Waals surface area contributed by atoms with E-state index in [0.717, 1.165) is 5.69 Å². The van der Waals surface area contributed by atoms with Gasteiger partial charge >= 0.3 is 5.97 Å². The zero-order chi connectivity index (χ0) is 14.0. The van der Waals surface area contributed by atoms with E-state index in [-0.39, 0.29) is 13.2 Å². The Morgan fingerprint density at radius 2 is 2.21 bits per heavy atom. The highest BCUT2D eigenvalue weighted by molar-refractivity contribution is 5.69. The van der Waals surface area contributed by atoms with Crippen LogP contribution < -0.4 is 5.73 Å². The molecule has 0 bridgehead atoms. The summed E-state index contributed by atoms with van der Waals surface area (Å²) in [5, 5.41) is 8.06. The van der Waals surface area contributed by atoms with E-state index in [1.807, 2.05) is 6.92 Å². The third-order valence-corrected chi connectivity index (χ3v) is 2.88. The summed E-state index contributed by atoms with van der Waals surface area (Å²) in [4.78, 5) is 15.7. The van der Waals surface area contributed by atoms with E-state index in [1.165, 1.54) is 11.0 Å². The van der Waals surface area contributed by atoms with Crippen molar-refractivity contribution >= 4 is 11.7 Å². The van der Waals surface area contributed by atoms with Gasteiger partial charge in [0.15, 0.2) is 12.4 Å². The van der Waals surface area contributed by atoms with Crippen LogP contribution in [-0.4, -0.2) is 30.5 Å². The molecular weight excluding hydrogens is 248 g/mol. The minimum absolute atomic E-state index is 0.0295. The van der Waals surface area contributed by atoms with Crippen molar-refractivity contribution in [1.29, 1.82) is 0 Å². The van der Waals surface area contributed by atoms with Crippen molar-refractivity contribution in [2.45, 2.75) is 27.0 Å². The fraction of sp³-hybridized carbons (Fsp3) is 0.455. The molecule has 0 radical (unpaired) electrons. The molecule has 0 saturated heterocycles. The maximum Gasteiger partial charge on any atom is 0.328 e. The zero-order valence-corrected chi connectivity index (χ0v) is 11.1. The van der Waals surface area contributed by atoms with Crippen molar-refractivity contribution in [2.75, 3.05) is 5.73 Å². The number of nitrogen functional groups attached to an aromatic ring is 1. The number of nitrogens with zero attached hydrogens (tertiary/aromatic N) is 5. The molecule has 0 fully saturated rings. The van der Waals surface area contributed by atoms with Gasteiger partial charge in [0.25, 0.3) is 0 Å². The second-order valence-electron chi connectivity index (χ2n) is 4.20. The Balaban J connectivity index is 1.94. The molecule has 8 heteroatoms. The van der Waals surface area contributed by atoms with Crippen LogP contribution in [0.3, 0.4) is 0 Å². The first kappa shape index (κ1) is 13.1. The van der Waals surface area contributed by atoms with E-state index in [2.05, 4.69) is 15.2 Å². The van der Waals surface area contributed by atoms with Gasteiger partial charge in [-0.3, -0.25) is 14.2 Å². The number of rotatable bonds is 4. The predicted octanol–water partition coefficient (Wildman–Crippen LogP) is -0.0460. The van der Waals surface area contributed by atoms with Gasteiger partial charge in [-0.1, -0.05) is 0 Å². The predicted molar refractivity (Wildman–Crippen MR) is 66.9 cm³/mol. The summed E-state index contributed by atoms with van der Waals surface area (Å²) in [5.74, 6) is 0.190. The fourth-order valence-electron chi connectivity index (χ4n) is 1.63. The first-order valence-corrected chi connectivity index (χ1v) is 5.77. The van der Waals surface area contributed by atoms with E-state index >= 15 is 0 Å². The molecule has 0 aromatic carbocycles. The quantitative estimate of drug-likeness (QED) is 0.777. The van der Waals surface area contributed by atoms with Crippen LogP contribution in [0.2, 0.25) is 0 Å². The van der Waals surface area contributed by atoms with Crippen molar-refractivity contribution in [1.82, 2.24) is 24.5 Å². The van der Waals surface area contributed by atoms with Gasteiger partial charge in [-0.15, -0.1) is 0 Å². The molecule has 0 amide bonds. The normalized spacial score (nSPS) is 10.7. The summed E-state index contributed by atoms with van der Waals surface area (Å²) in [5.41, 5.74) is 7.86. The molecule has 0 aliphatic heterocycles. The van der Waals surface area contributed by atoms with Gasteiger partial charge in [-0.2, -0.15) is 10.2 Å². The first-order valence-electron chi connectivity index (χ1n) is 5.77. The molecule has 8 nitrogen and oxygen atoms in total. The number of hydrogen-bond acceptors (Lipinski definition) is 6. The lowest BCUT2D eigenvalue weighted by Gasteiger charge is -2.05. The minimum Gasteiger partial charge on any atom is -0.456 e. The molecular formula is C11H16N6O2. The van der Waals surface area contributed by atoms with Crippen LogP contribution >= 0.6 is 0 Å². The molecule has 2 rings (SSSR count). The van der Waals surface area contributed by atoms with E-state index in [1.54, 1.807) is 18.7 Å². The Bertz CT molecular complexity index is 600. The van der Waals surface area contributed by atoms with Gasteiger partial charge in [0, 0.05) is 7.05 Å². The lowest BCUT2D eigenvalue weighted by atomic mass is 10.3. The number of aromatic nitrogens is 5. The zero-order valence-electron chi connectivity index (χ0n) is 11.1. The average molecular weight is 264 g/mol. The fourth-order valence-corrected chi connectivity index (χ4v) is 1.63. The number of aryl methyl sites for hydroxylation is 2. The molecule has 2 aromatic heterocycles. The highest BCUT2D eigenvalue weighted by Gasteiger charge is 2.13. The summed E-state index contributed by atoms with van der Waals surface area (Å²) >= 11 is 0. The number of nitrogens with two attached hydrogens (primary N) is 1. The van der Waals surface area contributed by atoms with Gasteiger partial charge in [0.05, 0.1) is 17.1 Å². The molecule has 0 unspecified atom stereocenters. The Morgan fingerprint density at radius 3 is 2.74 bits per heavy atom. The van der Waals surface area contributed by atoms with Gasteiger partial charge in [0.1, 0.15) is 12.9 Å². The van der Waals surface area contributed by atoms with Gasteiger partial charge < -0.3 is 10.5 Å². The van der Waals surface area contributed by atoms with Crippen molar-refractivity contribution in [3.63, 3.8) is 0 Å². The summed E-state index contributed by atoms with van der Waals surface area (Å²) < 4.78 is 8.19. The Morgan fingerprint density at radius 1 is 1.47 bits per heavy atom. The van der Waals surface area contributed by atoms with Crippen molar-refractivity contribution in [2.24, 2.45) is 7.05 Å². The number of carbonyl (C=O) groups is 1. The summed E-state index contributed by atoms with van der Waals surface area (Å²) in [6.45, 7) is 3.72. The second kappa shape index (κ2) is 5.09. The second-order valence-corrected chi connectivity index (χ2v) is 4.20. The number of esters is 1. The average Bonchev–Trinajstić information content (AvgIpc) is 2.87. The van der Waals surface area contributed by atoms with Crippen LogP contribution in [0.15, 0.2) is 6.33 Å². The standard InChI is InChI=1S/C11H16N6O2/c1-7-11(12)8(2)17(15-7)4-10(18)19-5-9-13-6-14-16(9)3/h6H,4-5,12H2,1-3H3. The SMILES string of the molecule is Cc1nn(CC(=O)OCc2ncnn2C)c(C)c1N. The number of carbonyl (C=O) groups excluding carboxylic acids is 1. The number of hydrogen-bond donors (Lipinski definition) is 1. The van der Waals surface area contributed by atoms with Gasteiger partial charge in [-0.05, 0) is 13.8 Å². The van der Waals surface area contributed by atoms with Crippen molar-refractivity contribution in [3.8, 4) is 0 Å². The smallest absolute Gasteiger partial charge is 0.328 e. The Labute approximate surface area is 110 Å². The number of ether oxygens (including phenoxy) is 1. The lowest BCUT2D eigenvalue weighted by molar-refractivity contribution is -0.146. The monoisotopic (exact) mass is 264 g/mol. The van der Waals surface area contributed by atoms with Crippen LogP contribution in [0.4, 0.5) is 5.69 Å². The third-order valence-electron chi connectivity index (χ3n) is 2.88. The summed E-state index contributed by atoms with van der Waals surface area (Å²) in [7, 11) is 1.73. The van der Waals surface area contributed by atoms with E-state index in [4.69, 9.17) is 10.5 Å². The molecule has 0 aliphatic carbocycles. The molecule has 19 heavy (non-hydrogen) atoms. The molecule has 2 aromatic rings. The molecule has 2 N–H and O–H groups in total. The maximum atomic E-state index is 11.7. The van der Waals surface area contributed by atoms with E-state index < -0.39 is 5.97 Å². The molecule has 0 aliphatic rings. The van der Waals surface area contributed by atoms with Gasteiger partial charge in [-0.25, -0.2) is 4.98 Å². The topological polar surface area (TPSA) is 101 Å². The van der Waals surface area contributed by atoms with Crippen molar-refractivity contribution in [3.05, 3.63) is 23.5 Å². The maximum absolute atomic E-state index is 11.7. The molecule has 0 atom stereocenters. The molecule has 102 valence electrons. The largest absolute Gasteiger partial charge is 0.456 e. The first-order chi connectivity index (χ1) is 8.99. The van der Waals surface area contributed by atoms with E-state index in [0.29, 0.717) is 17.2 Å². The molecule has 0 spiro atoms. The van der Waals surface area contributed by atoms with Crippen LogP contribution in [0.1, 0.15) is 17.2 Å².